The summed E-state index contributed by atoms with van der Waals surface area (Å²) < 4.78 is 43.9. The van der Waals surface area contributed by atoms with Crippen molar-refractivity contribution < 1.29 is 27.8 Å². The Balaban J connectivity index is 1.82. The van der Waals surface area contributed by atoms with Gasteiger partial charge in [0.1, 0.15) is 11.5 Å². The Labute approximate surface area is 171 Å². The van der Waals surface area contributed by atoms with Crippen LogP contribution in [0, 0.1) is 0 Å². The van der Waals surface area contributed by atoms with Crippen molar-refractivity contribution in [1.29, 1.82) is 0 Å². The molecule has 8 heteroatoms. The fourth-order valence-electron chi connectivity index (χ4n) is 2.91. The van der Waals surface area contributed by atoms with E-state index < -0.39 is 23.9 Å². The number of benzene rings is 3. The van der Waals surface area contributed by atoms with E-state index in [1.807, 2.05) is 0 Å². The summed E-state index contributed by atoms with van der Waals surface area (Å²) in [6.07, 6.45) is -5.26. The Bertz CT molecular complexity index is 1040. The molecule has 3 aromatic rings. The molecule has 0 aliphatic carbocycles. The summed E-state index contributed by atoms with van der Waals surface area (Å²) in [6, 6.07) is 14.1. The Morgan fingerprint density at radius 3 is 2.47 bits per heavy atom. The minimum absolute atomic E-state index is 0.0316. The second-order valence-electron chi connectivity index (χ2n) is 6.88. The van der Waals surface area contributed by atoms with Gasteiger partial charge in [-0.3, -0.25) is 4.79 Å². The lowest BCUT2D eigenvalue weighted by molar-refractivity contribution is -0.137. The first-order valence-electron chi connectivity index (χ1n) is 9.26. The van der Waals surface area contributed by atoms with Gasteiger partial charge in [0.05, 0.1) is 17.7 Å². The lowest BCUT2D eigenvalue weighted by atomic mass is 10.0. The SMILES string of the molecule is C[C@@H](NC(=O)c1ccc2c(Oc3ccc(C(F)(F)F)cc3)cccc2c1)[C@H](O)CN. The van der Waals surface area contributed by atoms with Gasteiger partial charge >= 0.3 is 6.18 Å². The smallest absolute Gasteiger partial charge is 0.416 e. The summed E-state index contributed by atoms with van der Waals surface area (Å²) in [4.78, 5) is 12.4. The standard InChI is InChI=1S/C22H21F3N2O3/c1-13(19(28)12-26)27-21(29)15-5-10-18-14(11-15)3-2-4-20(18)30-17-8-6-16(7-9-17)22(23,24)25/h2-11,13,19,28H,12,26H2,1H3,(H,27,29)/t13-,19-/m1/s1. The number of fused-ring (bicyclic) bond motifs is 1. The number of nitrogens with one attached hydrogen (secondary N) is 1. The van der Waals surface area contributed by atoms with E-state index in [9.17, 15) is 23.1 Å². The van der Waals surface area contributed by atoms with Gasteiger partial charge < -0.3 is 20.9 Å². The second kappa shape index (κ2) is 8.73. The van der Waals surface area contributed by atoms with Gasteiger partial charge in [0.15, 0.2) is 0 Å². The third-order valence-corrected chi connectivity index (χ3v) is 4.69. The molecule has 0 aliphatic rings. The fraction of sp³-hybridized carbons (Fsp3) is 0.227. The molecule has 0 aliphatic heterocycles. The quantitative estimate of drug-likeness (QED) is 0.563. The summed E-state index contributed by atoms with van der Waals surface area (Å²) in [6.45, 7) is 1.69. The van der Waals surface area contributed by atoms with Crippen molar-refractivity contribution in [3.8, 4) is 11.5 Å². The van der Waals surface area contributed by atoms with Crippen molar-refractivity contribution in [3.05, 3.63) is 71.8 Å². The maximum Gasteiger partial charge on any atom is 0.416 e. The summed E-state index contributed by atoms with van der Waals surface area (Å²) in [7, 11) is 0. The van der Waals surface area contributed by atoms with Crippen LogP contribution in [-0.4, -0.2) is 29.7 Å². The lowest BCUT2D eigenvalue weighted by Gasteiger charge is -2.19. The molecule has 5 nitrogen and oxygen atoms in total. The van der Waals surface area contributed by atoms with E-state index in [1.54, 1.807) is 43.3 Å². The summed E-state index contributed by atoms with van der Waals surface area (Å²) in [5.74, 6) is 0.360. The first-order valence-corrected chi connectivity index (χ1v) is 9.26. The second-order valence-corrected chi connectivity index (χ2v) is 6.88. The van der Waals surface area contributed by atoms with Crippen LogP contribution in [0.2, 0.25) is 0 Å². The predicted octanol–water partition coefficient (Wildman–Crippen LogP) is 4.09. The monoisotopic (exact) mass is 418 g/mol. The fourth-order valence-corrected chi connectivity index (χ4v) is 2.91. The first-order chi connectivity index (χ1) is 14.2. The van der Waals surface area contributed by atoms with Crippen molar-refractivity contribution in [2.24, 2.45) is 5.73 Å². The topological polar surface area (TPSA) is 84.6 Å². The average molecular weight is 418 g/mol. The van der Waals surface area contributed by atoms with Crippen LogP contribution in [0.1, 0.15) is 22.8 Å². The number of hydrogen-bond acceptors (Lipinski definition) is 4. The van der Waals surface area contributed by atoms with Crippen molar-refractivity contribution in [3.63, 3.8) is 0 Å². The molecule has 2 atom stereocenters. The number of alkyl halides is 3. The third-order valence-electron chi connectivity index (χ3n) is 4.69. The van der Waals surface area contributed by atoms with Crippen LogP contribution in [0.5, 0.6) is 11.5 Å². The Kier molecular flexibility index (Phi) is 6.28. The lowest BCUT2D eigenvalue weighted by Crippen LogP contribution is -2.44. The number of nitrogens with two attached hydrogens (primary N) is 1. The molecular formula is C22H21F3N2O3. The van der Waals surface area contributed by atoms with Gasteiger partial charge in [0.25, 0.3) is 5.91 Å². The molecule has 0 saturated carbocycles. The zero-order valence-corrected chi connectivity index (χ0v) is 16.1. The van der Waals surface area contributed by atoms with E-state index in [1.165, 1.54) is 12.1 Å². The molecule has 0 aromatic heterocycles. The molecule has 0 heterocycles. The number of hydrogen-bond donors (Lipinski definition) is 3. The van der Waals surface area contributed by atoms with E-state index in [0.29, 0.717) is 16.7 Å². The predicted molar refractivity (Wildman–Crippen MR) is 107 cm³/mol. The van der Waals surface area contributed by atoms with Crippen molar-refractivity contribution in [1.82, 2.24) is 5.32 Å². The molecule has 158 valence electrons. The molecule has 0 saturated heterocycles. The third kappa shape index (κ3) is 4.90. The number of carbonyl (C=O) groups excluding carboxylic acids is 1. The molecule has 0 bridgehead atoms. The van der Waals surface area contributed by atoms with Crippen molar-refractivity contribution in [2.45, 2.75) is 25.2 Å². The molecule has 3 rings (SSSR count). The van der Waals surface area contributed by atoms with Crippen LogP contribution < -0.4 is 15.8 Å². The average Bonchev–Trinajstić information content (AvgIpc) is 2.72. The van der Waals surface area contributed by atoms with Gasteiger partial charge in [0, 0.05) is 17.5 Å². The molecule has 4 N–H and O–H groups in total. The number of ether oxygens (including phenoxy) is 1. The first kappa shape index (κ1) is 21.6. The van der Waals surface area contributed by atoms with Crippen LogP contribution in [0.3, 0.4) is 0 Å². The highest BCUT2D eigenvalue weighted by atomic mass is 19.4. The number of amides is 1. The molecule has 0 fully saturated rings. The Morgan fingerprint density at radius 1 is 1.13 bits per heavy atom. The van der Waals surface area contributed by atoms with Crippen LogP contribution >= 0.6 is 0 Å². The highest BCUT2D eigenvalue weighted by molar-refractivity contribution is 6.00. The molecule has 30 heavy (non-hydrogen) atoms. The van der Waals surface area contributed by atoms with Crippen LogP contribution in [0.15, 0.2) is 60.7 Å². The zero-order valence-electron chi connectivity index (χ0n) is 16.1. The summed E-state index contributed by atoms with van der Waals surface area (Å²) in [5.41, 5.74) is 5.04. The van der Waals surface area contributed by atoms with E-state index in [4.69, 9.17) is 10.5 Å². The molecule has 0 radical (unpaired) electrons. The Hall–Kier alpha value is -3.10. The van der Waals surface area contributed by atoms with Gasteiger partial charge in [-0.1, -0.05) is 12.1 Å². The summed E-state index contributed by atoms with van der Waals surface area (Å²) in [5, 5.41) is 13.8. The van der Waals surface area contributed by atoms with E-state index in [2.05, 4.69) is 5.32 Å². The highest BCUT2D eigenvalue weighted by Crippen LogP contribution is 2.33. The van der Waals surface area contributed by atoms with Crippen LogP contribution in [-0.2, 0) is 6.18 Å². The minimum atomic E-state index is -4.41. The van der Waals surface area contributed by atoms with Gasteiger partial charge in [-0.25, -0.2) is 0 Å². The number of aliphatic hydroxyl groups excluding tert-OH is 1. The maximum atomic E-state index is 12.7. The van der Waals surface area contributed by atoms with Gasteiger partial charge in [-0.05, 0) is 60.8 Å². The van der Waals surface area contributed by atoms with E-state index in [-0.39, 0.29) is 18.2 Å². The molecule has 3 aromatic carbocycles. The molecular weight excluding hydrogens is 397 g/mol. The van der Waals surface area contributed by atoms with Crippen LogP contribution in [0.25, 0.3) is 10.8 Å². The largest absolute Gasteiger partial charge is 0.457 e. The molecule has 1 amide bonds. The normalized spacial score (nSPS) is 13.7. The zero-order chi connectivity index (χ0) is 21.9. The molecule has 0 spiro atoms. The van der Waals surface area contributed by atoms with Gasteiger partial charge in [-0.2, -0.15) is 13.2 Å². The Morgan fingerprint density at radius 2 is 1.83 bits per heavy atom. The van der Waals surface area contributed by atoms with Crippen LogP contribution in [0.4, 0.5) is 13.2 Å². The summed E-state index contributed by atoms with van der Waals surface area (Å²) >= 11 is 0. The number of rotatable bonds is 6. The molecule has 0 unspecified atom stereocenters. The minimum Gasteiger partial charge on any atom is -0.457 e. The maximum absolute atomic E-state index is 12.7. The van der Waals surface area contributed by atoms with Gasteiger partial charge in [0.2, 0.25) is 0 Å². The number of aliphatic hydroxyl groups is 1. The van der Waals surface area contributed by atoms with Crippen molar-refractivity contribution >= 4 is 16.7 Å². The van der Waals surface area contributed by atoms with Crippen molar-refractivity contribution in [2.75, 3.05) is 6.54 Å². The van der Waals surface area contributed by atoms with E-state index in [0.717, 1.165) is 17.5 Å². The van der Waals surface area contributed by atoms with Gasteiger partial charge in [-0.15, -0.1) is 0 Å². The number of carbonyl (C=O) groups is 1. The number of halogens is 3. The highest BCUT2D eigenvalue weighted by Gasteiger charge is 2.30. The van der Waals surface area contributed by atoms with E-state index >= 15 is 0 Å².